The molecule has 1 aliphatic rings. The quantitative estimate of drug-likeness (QED) is 0.469. The molecule has 4 heteroatoms. The Morgan fingerprint density at radius 2 is 1.75 bits per heavy atom. The standard InChI is InChI=1S/C20H12N2O2/c1-24-14-9-11-5-2-3-7-13(11)15-16(14)19-17(20(15)23)18-12(10-22-19)6-4-8-21-18/h2-10H,1H3. The third-order valence-corrected chi connectivity index (χ3v) is 4.57. The van der Waals surface area contributed by atoms with Crippen LogP contribution in [0.4, 0.5) is 0 Å². The lowest BCUT2D eigenvalue weighted by molar-refractivity contribution is 0.104. The average Bonchev–Trinajstić information content (AvgIpc) is 2.95. The predicted molar refractivity (Wildman–Crippen MR) is 92.5 cm³/mol. The van der Waals surface area contributed by atoms with Crippen LogP contribution in [0.25, 0.3) is 32.9 Å². The van der Waals surface area contributed by atoms with Crippen molar-refractivity contribution in [2.45, 2.75) is 0 Å². The monoisotopic (exact) mass is 312 g/mol. The molecule has 0 aliphatic heterocycles. The fraction of sp³-hybridized carbons (Fsp3) is 0.0500. The van der Waals surface area contributed by atoms with Gasteiger partial charge in [0.25, 0.3) is 0 Å². The number of benzene rings is 2. The summed E-state index contributed by atoms with van der Waals surface area (Å²) < 4.78 is 5.57. The van der Waals surface area contributed by atoms with E-state index in [1.54, 1.807) is 19.5 Å². The van der Waals surface area contributed by atoms with Crippen molar-refractivity contribution in [3.63, 3.8) is 0 Å². The number of pyridine rings is 2. The summed E-state index contributed by atoms with van der Waals surface area (Å²) >= 11 is 0. The molecule has 2 aromatic carbocycles. The summed E-state index contributed by atoms with van der Waals surface area (Å²) in [5.41, 5.74) is 3.34. The van der Waals surface area contributed by atoms with Gasteiger partial charge in [-0.15, -0.1) is 0 Å². The van der Waals surface area contributed by atoms with Crippen molar-refractivity contribution in [3.05, 3.63) is 66.0 Å². The normalized spacial score (nSPS) is 12.5. The third kappa shape index (κ3) is 1.55. The van der Waals surface area contributed by atoms with E-state index in [-0.39, 0.29) is 5.78 Å². The van der Waals surface area contributed by atoms with Crippen molar-refractivity contribution < 1.29 is 9.53 Å². The zero-order valence-corrected chi connectivity index (χ0v) is 12.9. The lowest BCUT2D eigenvalue weighted by Crippen LogP contribution is -1.99. The maximum Gasteiger partial charge on any atom is 0.198 e. The van der Waals surface area contributed by atoms with Crippen molar-refractivity contribution in [2.75, 3.05) is 7.11 Å². The summed E-state index contributed by atoms with van der Waals surface area (Å²) in [5.74, 6) is 0.630. The minimum absolute atomic E-state index is 0.0353. The van der Waals surface area contributed by atoms with Gasteiger partial charge >= 0.3 is 0 Å². The molecule has 0 spiro atoms. The molecule has 0 N–H and O–H groups in total. The lowest BCUT2D eigenvalue weighted by Gasteiger charge is -2.10. The van der Waals surface area contributed by atoms with E-state index in [2.05, 4.69) is 9.97 Å². The van der Waals surface area contributed by atoms with Gasteiger partial charge in [-0.2, -0.15) is 0 Å². The summed E-state index contributed by atoms with van der Waals surface area (Å²) in [6.45, 7) is 0. The first-order valence-electron chi connectivity index (χ1n) is 7.68. The molecule has 0 fully saturated rings. The van der Waals surface area contributed by atoms with Gasteiger partial charge in [-0.05, 0) is 29.0 Å². The van der Waals surface area contributed by atoms with Crippen LogP contribution in [0.2, 0.25) is 0 Å². The van der Waals surface area contributed by atoms with E-state index in [4.69, 9.17) is 4.74 Å². The minimum atomic E-state index is -0.0353. The Morgan fingerprint density at radius 1 is 0.917 bits per heavy atom. The number of carbonyl (C=O) groups excluding carboxylic acids is 1. The molecule has 0 atom stereocenters. The second-order valence-electron chi connectivity index (χ2n) is 5.80. The van der Waals surface area contributed by atoms with Crippen LogP contribution in [0.1, 0.15) is 15.9 Å². The summed E-state index contributed by atoms with van der Waals surface area (Å²) in [6, 6.07) is 13.6. The Morgan fingerprint density at radius 3 is 2.62 bits per heavy atom. The van der Waals surface area contributed by atoms with Crippen LogP contribution >= 0.6 is 0 Å². The first-order chi connectivity index (χ1) is 11.8. The zero-order chi connectivity index (χ0) is 16.3. The lowest BCUT2D eigenvalue weighted by atomic mass is 9.98. The van der Waals surface area contributed by atoms with E-state index < -0.39 is 0 Å². The van der Waals surface area contributed by atoms with Crippen LogP contribution < -0.4 is 4.74 Å². The van der Waals surface area contributed by atoms with Crippen molar-refractivity contribution >= 4 is 27.5 Å². The SMILES string of the molecule is COc1cc2ccccc2c2c1-c1ncc3cccnc3c1C2=O. The van der Waals surface area contributed by atoms with Gasteiger partial charge in [0.2, 0.25) is 0 Å². The third-order valence-electron chi connectivity index (χ3n) is 4.57. The fourth-order valence-corrected chi connectivity index (χ4v) is 3.52. The number of hydrogen-bond donors (Lipinski definition) is 0. The highest BCUT2D eigenvalue weighted by atomic mass is 16.5. The molecule has 24 heavy (non-hydrogen) atoms. The van der Waals surface area contributed by atoms with Gasteiger partial charge in [0.1, 0.15) is 5.75 Å². The number of ether oxygens (including phenoxy) is 1. The Hall–Kier alpha value is -3.27. The van der Waals surface area contributed by atoms with Gasteiger partial charge in [-0.3, -0.25) is 14.8 Å². The van der Waals surface area contributed by atoms with Gasteiger partial charge in [-0.25, -0.2) is 0 Å². The number of rotatable bonds is 1. The van der Waals surface area contributed by atoms with Crippen LogP contribution in [-0.2, 0) is 0 Å². The van der Waals surface area contributed by atoms with Crippen LogP contribution in [0, 0.1) is 0 Å². The number of fused-ring (bicyclic) bond motifs is 7. The highest BCUT2D eigenvalue weighted by molar-refractivity contribution is 6.31. The van der Waals surface area contributed by atoms with E-state index in [0.29, 0.717) is 28.1 Å². The van der Waals surface area contributed by atoms with Gasteiger partial charge < -0.3 is 4.74 Å². The molecule has 0 amide bonds. The smallest absolute Gasteiger partial charge is 0.198 e. The van der Waals surface area contributed by atoms with E-state index in [1.165, 1.54) is 0 Å². The average molecular weight is 312 g/mol. The molecule has 2 heterocycles. The number of aromatic nitrogens is 2. The van der Waals surface area contributed by atoms with E-state index in [9.17, 15) is 4.79 Å². The Kier molecular flexibility index (Phi) is 2.54. The number of hydrogen-bond acceptors (Lipinski definition) is 4. The molecule has 114 valence electrons. The van der Waals surface area contributed by atoms with Crippen LogP contribution in [0.15, 0.2) is 54.9 Å². The van der Waals surface area contributed by atoms with Crippen molar-refractivity contribution in [3.8, 4) is 17.0 Å². The summed E-state index contributed by atoms with van der Waals surface area (Å²) in [7, 11) is 1.62. The van der Waals surface area contributed by atoms with Crippen LogP contribution in [0.5, 0.6) is 5.75 Å². The maximum absolute atomic E-state index is 13.2. The van der Waals surface area contributed by atoms with Crippen molar-refractivity contribution in [1.29, 1.82) is 0 Å². The first-order valence-corrected chi connectivity index (χ1v) is 7.68. The fourth-order valence-electron chi connectivity index (χ4n) is 3.52. The summed E-state index contributed by atoms with van der Waals surface area (Å²) in [4.78, 5) is 22.2. The van der Waals surface area contributed by atoms with E-state index >= 15 is 0 Å². The topological polar surface area (TPSA) is 52.1 Å². The van der Waals surface area contributed by atoms with Crippen LogP contribution in [0.3, 0.4) is 0 Å². The van der Waals surface area contributed by atoms with E-state index in [1.807, 2.05) is 42.5 Å². The van der Waals surface area contributed by atoms with Gasteiger partial charge in [0.15, 0.2) is 5.78 Å². The molecule has 0 bridgehead atoms. The highest BCUT2D eigenvalue weighted by Crippen LogP contribution is 2.46. The van der Waals surface area contributed by atoms with Gasteiger partial charge in [0, 0.05) is 23.3 Å². The first kappa shape index (κ1) is 13.2. The van der Waals surface area contributed by atoms with Crippen LogP contribution in [-0.4, -0.2) is 22.9 Å². The minimum Gasteiger partial charge on any atom is -0.496 e. The molecule has 5 rings (SSSR count). The zero-order valence-electron chi connectivity index (χ0n) is 12.9. The largest absolute Gasteiger partial charge is 0.496 e. The molecular weight excluding hydrogens is 300 g/mol. The number of nitrogens with zero attached hydrogens (tertiary/aromatic N) is 2. The molecule has 0 radical (unpaired) electrons. The van der Waals surface area contributed by atoms with Gasteiger partial charge in [-0.1, -0.05) is 24.3 Å². The Balaban J connectivity index is 1.99. The molecule has 0 saturated carbocycles. The second-order valence-corrected chi connectivity index (χ2v) is 5.80. The van der Waals surface area contributed by atoms with E-state index in [0.717, 1.165) is 21.7 Å². The highest BCUT2D eigenvalue weighted by Gasteiger charge is 2.34. The molecule has 1 aliphatic carbocycles. The molecule has 0 saturated heterocycles. The summed E-state index contributed by atoms with van der Waals surface area (Å²) in [6.07, 6.45) is 3.46. The Bertz CT molecular complexity index is 1170. The predicted octanol–water partition coefficient (Wildman–Crippen LogP) is 4.00. The molecular formula is C20H12N2O2. The number of ketones is 1. The number of carbonyl (C=O) groups is 1. The van der Waals surface area contributed by atoms with Crippen molar-refractivity contribution in [1.82, 2.24) is 9.97 Å². The van der Waals surface area contributed by atoms with Crippen molar-refractivity contribution in [2.24, 2.45) is 0 Å². The number of methoxy groups -OCH3 is 1. The summed E-state index contributed by atoms with van der Waals surface area (Å²) in [5, 5.41) is 2.76. The molecule has 0 unspecified atom stereocenters. The Labute approximate surface area is 137 Å². The second kappa shape index (κ2) is 4.61. The van der Waals surface area contributed by atoms with Gasteiger partial charge in [0.05, 0.1) is 29.4 Å². The molecule has 4 nitrogen and oxygen atoms in total. The molecule has 2 aromatic heterocycles. The maximum atomic E-state index is 13.2. The molecule has 4 aromatic rings.